The molecule has 0 aliphatic carbocycles. The highest BCUT2D eigenvalue weighted by atomic mass is 15.0. The predicted molar refractivity (Wildman–Crippen MR) is 122 cm³/mol. The lowest BCUT2D eigenvalue weighted by molar-refractivity contribution is 0.827. The number of aryl methyl sites for hydroxylation is 1. The van der Waals surface area contributed by atoms with Gasteiger partial charge in [-0.25, -0.2) is 0 Å². The van der Waals surface area contributed by atoms with Crippen LogP contribution in [0.5, 0.6) is 0 Å². The first-order chi connectivity index (χ1) is 14.3. The van der Waals surface area contributed by atoms with E-state index in [1.807, 2.05) is 6.20 Å². The molecule has 5 rings (SSSR count). The van der Waals surface area contributed by atoms with E-state index >= 15 is 0 Å². The van der Waals surface area contributed by atoms with E-state index in [4.69, 9.17) is 4.98 Å². The van der Waals surface area contributed by atoms with Crippen LogP contribution in [0, 0.1) is 0 Å². The monoisotopic (exact) mass is 376 g/mol. The SMILES string of the molecule is CCn1c2ccccc2c2cc(-c3cc(C(C)c4ccccc4)ccn3)ccc21. The van der Waals surface area contributed by atoms with Crippen molar-refractivity contribution in [2.45, 2.75) is 26.3 Å². The van der Waals surface area contributed by atoms with Crippen molar-refractivity contribution in [2.24, 2.45) is 0 Å². The van der Waals surface area contributed by atoms with Crippen LogP contribution in [0.1, 0.15) is 30.9 Å². The molecule has 2 aromatic heterocycles. The summed E-state index contributed by atoms with van der Waals surface area (Å²) < 4.78 is 2.38. The second kappa shape index (κ2) is 7.21. The van der Waals surface area contributed by atoms with Gasteiger partial charge in [0.05, 0.1) is 5.69 Å². The van der Waals surface area contributed by atoms with Crippen molar-refractivity contribution in [3.63, 3.8) is 0 Å². The lowest BCUT2D eigenvalue weighted by Gasteiger charge is -2.13. The van der Waals surface area contributed by atoms with Crippen LogP contribution in [0.2, 0.25) is 0 Å². The highest BCUT2D eigenvalue weighted by Gasteiger charge is 2.13. The zero-order valence-corrected chi connectivity index (χ0v) is 16.8. The number of aromatic nitrogens is 2. The van der Waals surface area contributed by atoms with Crippen LogP contribution in [0.4, 0.5) is 0 Å². The van der Waals surface area contributed by atoms with E-state index < -0.39 is 0 Å². The molecular weight excluding hydrogens is 352 g/mol. The molecule has 0 aliphatic rings. The molecule has 0 spiro atoms. The Hall–Kier alpha value is -3.39. The second-order valence-corrected chi connectivity index (χ2v) is 7.60. The Bertz CT molecular complexity index is 1300. The van der Waals surface area contributed by atoms with Crippen LogP contribution >= 0.6 is 0 Å². The molecule has 2 nitrogen and oxygen atoms in total. The predicted octanol–water partition coefficient (Wildman–Crippen LogP) is 7.03. The first-order valence-corrected chi connectivity index (χ1v) is 10.3. The van der Waals surface area contributed by atoms with Gasteiger partial charge in [0.25, 0.3) is 0 Å². The Morgan fingerprint density at radius 2 is 1.52 bits per heavy atom. The highest BCUT2D eigenvalue weighted by Crippen LogP contribution is 2.33. The van der Waals surface area contributed by atoms with Crippen LogP contribution in [0.15, 0.2) is 91.1 Å². The molecule has 0 saturated heterocycles. The molecule has 2 heterocycles. The minimum absolute atomic E-state index is 0.337. The third-order valence-electron chi connectivity index (χ3n) is 5.97. The summed E-state index contributed by atoms with van der Waals surface area (Å²) in [5.74, 6) is 0.337. The summed E-state index contributed by atoms with van der Waals surface area (Å²) >= 11 is 0. The third-order valence-corrected chi connectivity index (χ3v) is 5.97. The lowest BCUT2D eigenvalue weighted by Crippen LogP contribution is -1.97. The number of rotatable bonds is 4. The van der Waals surface area contributed by atoms with E-state index in [2.05, 4.69) is 103 Å². The zero-order valence-electron chi connectivity index (χ0n) is 16.8. The van der Waals surface area contributed by atoms with Gasteiger partial charge in [-0.1, -0.05) is 61.5 Å². The van der Waals surface area contributed by atoms with E-state index in [1.54, 1.807) is 0 Å². The zero-order chi connectivity index (χ0) is 19.8. The lowest BCUT2D eigenvalue weighted by atomic mass is 9.92. The van der Waals surface area contributed by atoms with Crippen molar-refractivity contribution in [1.29, 1.82) is 0 Å². The van der Waals surface area contributed by atoms with Crippen molar-refractivity contribution >= 4 is 21.8 Å². The van der Waals surface area contributed by atoms with Crippen molar-refractivity contribution < 1.29 is 0 Å². The maximum atomic E-state index is 4.69. The van der Waals surface area contributed by atoms with Crippen molar-refractivity contribution in [3.8, 4) is 11.3 Å². The highest BCUT2D eigenvalue weighted by molar-refractivity contribution is 6.09. The van der Waals surface area contributed by atoms with Gasteiger partial charge in [0.2, 0.25) is 0 Å². The van der Waals surface area contributed by atoms with Crippen molar-refractivity contribution in [2.75, 3.05) is 0 Å². The minimum Gasteiger partial charge on any atom is -0.341 e. The molecule has 0 radical (unpaired) electrons. The number of benzene rings is 3. The van der Waals surface area contributed by atoms with Crippen LogP contribution in [-0.4, -0.2) is 9.55 Å². The van der Waals surface area contributed by atoms with E-state index in [0.29, 0.717) is 5.92 Å². The van der Waals surface area contributed by atoms with Gasteiger partial charge in [-0.2, -0.15) is 0 Å². The van der Waals surface area contributed by atoms with E-state index in [1.165, 1.54) is 38.5 Å². The third kappa shape index (κ3) is 3.01. The largest absolute Gasteiger partial charge is 0.341 e. The fourth-order valence-electron chi connectivity index (χ4n) is 4.36. The van der Waals surface area contributed by atoms with Crippen LogP contribution in [-0.2, 0) is 6.54 Å². The van der Waals surface area contributed by atoms with Crippen molar-refractivity contribution in [1.82, 2.24) is 9.55 Å². The van der Waals surface area contributed by atoms with E-state index in [9.17, 15) is 0 Å². The maximum absolute atomic E-state index is 4.69. The summed E-state index contributed by atoms with van der Waals surface area (Å²) in [6.45, 7) is 5.42. The Kier molecular flexibility index (Phi) is 4.40. The van der Waals surface area contributed by atoms with Gasteiger partial charge in [-0.15, -0.1) is 0 Å². The second-order valence-electron chi connectivity index (χ2n) is 7.60. The number of hydrogen-bond acceptors (Lipinski definition) is 1. The van der Waals surface area contributed by atoms with E-state index in [0.717, 1.165) is 12.2 Å². The van der Waals surface area contributed by atoms with E-state index in [-0.39, 0.29) is 0 Å². The number of nitrogens with zero attached hydrogens (tertiary/aromatic N) is 2. The Morgan fingerprint density at radius 3 is 2.34 bits per heavy atom. The maximum Gasteiger partial charge on any atom is 0.0705 e. The number of hydrogen-bond donors (Lipinski definition) is 0. The number of pyridine rings is 1. The van der Waals surface area contributed by atoms with Gasteiger partial charge in [-0.3, -0.25) is 4.98 Å². The fourth-order valence-corrected chi connectivity index (χ4v) is 4.36. The number of para-hydroxylation sites is 1. The van der Waals surface area contributed by atoms with Crippen LogP contribution in [0.3, 0.4) is 0 Å². The first-order valence-electron chi connectivity index (χ1n) is 10.3. The quantitative estimate of drug-likeness (QED) is 0.329. The molecule has 0 aliphatic heterocycles. The molecule has 0 bridgehead atoms. The Labute approximate surface area is 171 Å². The molecule has 29 heavy (non-hydrogen) atoms. The summed E-state index contributed by atoms with van der Waals surface area (Å²) in [7, 11) is 0. The van der Waals surface area contributed by atoms with Gasteiger partial charge in [0.1, 0.15) is 0 Å². The fraction of sp³-hybridized carbons (Fsp3) is 0.148. The van der Waals surface area contributed by atoms with Gasteiger partial charge in [-0.05, 0) is 48.4 Å². The molecule has 5 aromatic rings. The normalized spacial score (nSPS) is 12.5. The molecule has 1 unspecified atom stereocenters. The van der Waals surface area contributed by atoms with Gasteiger partial charge in [0, 0.05) is 46.0 Å². The molecular formula is C27H24N2. The van der Waals surface area contributed by atoms with Crippen molar-refractivity contribution in [3.05, 3.63) is 102 Å². The summed E-state index contributed by atoms with van der Waals surface area (Å²) in [6.07, 6.45) is 1.93. The number of fused-ring (bicyclic) bond motifs is 3. The summed E-state index contributed by atoms with van der Waals surface area (Å²) in [5.41, 5.74) is 7.38. The average Bonchev–Trinajstić information content (AvgIpc) is 3.12. The molecule has 3 aromatic carbocycles. The first kappa shape index (κ1) is 17.7. The smallest absolute Gasteiger partial charge is 0.0705 e. The molecule has 0 N–H and O–H groups in total. The molecule has 0 fully saturated rings. The van der Waals surface area contributed by atoms with Crippen LogP contribution in [0.25, 0.3) is 33.1 Å². The van der Waals surface area contributed by atoms with Gasteiger partial charge < -0.3 is 4.57 Å². The van der Waals surface area contributed by atoms with Gasteiger partial charge in [0.15, 0.2) is 0 Å². The molecule has 0 saturated carbocycles. The molecule has 142 valence electrons. The van der Waals surface area contributed by atoms with Crippen LogP contribution < -0.4 is 0 Å². The molecule has 1 atom stereocenters. The summed E-state index contributed by atoms with van der Waals surface area (Å²) in [6, 6.07) is 30.4. The topological polar surface area (TPSA) is 17.8 Å². The minimum atomic E-state index is 0.337. The summed E-state index contributed by atoms with van der Waals surface area (Å²) in [5, 5.41) is 2.60. The van der Waals surface area contributed by atoms with Gasteiger partial charge >= 0.3 is 0 Å². The molecule has 0 amide bonds. The standard InChI is InChI=1S/C27H24N2/c1-3-29-26-12-8-7-11-23(26)24-17-22(13-14-27(24)29)25-18-21(15-16-28-25)19(2)20-9-5-4-6-10-20/h4-19H,3H2,1-2H3. The Morgan fingerprint density at radius 1 is 0.759 bits per heavy atom. The Balaban J connectivity index is 1.62. The molecule has 2 heteroatoms. The summed E-state index contributed by atoms with van der Waals surface area (Å²) in [4.78, 5) is 4.69. The average molecular weight is 377 g/mol.